The Labute approximate surface area is 104 Å². The van der Waals surface area contributed by atoms with E-state index in [-0.39, 0.29) is 11.9 Å². The molecule has 0 bridgehead atoms. The van der Waals surface area contributed by atoms with Crippen molar-refractivity contribution in [2.45, 2.75) is 17.4 Å². The number of hydrogen-bond donors (Lipinski definition) is 1. The maximum absolute atomic E-state index is 12.2. The van der Waals surface area contributed by atoms with Gasteiger partial charge in [-0.05, 0) is 11.6 Å². The topological polar surface area (TPSA) is 21.3 Å². The van der Waals surface area contributed by atoms with Crippen LogP contribution in [0.15, 0.2) is 29.2 Å². The summed E-state index contributed by atoms with van der Waals surface area (Å²) in [7, 11) is 0. The minimum atomic E-state index is -2.28. The summed E-state index contributed by atoms with van der Waals surface area (Å²) in [4.78, 5) is 0.890. The van der Waals surface area contributed by atoms with Crippen molar-refractivity contribution in [3.8, 4) is 0 Å². The first kappa shape index (κ1) is 12.8. The van der Waals surface area contributed by atoms with E-state index in [2.05, 4.69) is 5.32 Å². The largest absolute Gasteiger partial charge is 0.371 e. The first-order chi connectivity index (χ1) is 8.27. The van der Waals surface area contributed by atoms with Gasteiger partial charge in [-0.25, -0.2) is 8.78 Å². The van der Waals surface area contributed by atoms with Crippen LogP contribution >= 0.6 is 11.8 Å². The molecule has 1 aromatic carbocycles. The third-order valence-electron chi connectivity index (χ3n) is 2.56. The SMILES string of the molecule is FC(F)CSc1ccccc1C1CNCCO1. The molecule has 0 spiro atoms. The molecule has 1 aliphatic heterocycles. The Morgan fingerprint density at radius 3 is 2.94 bits per heavy atom. The highest BCUT2D eigenvalue weighted by Gasteiger charge is 2.19. The van der Waals surface area contributed by atoms with Crippen LogP contribution < -0.4 is 5.32 Å². The number of nitrogens with one attached hydrogen (secondary N) is 1. The van der Waals surface area contributed by atoms with Crippen molar-refractivity contribution in [1.29, 1.82) is 0 Å². The highest BCUT2D eigenvalue weighted by molar-refractivity contribution is 7.99. The molecule has 0 aliphatic carbocycles. The summed E-state index contributed by atoms with van der Waals surface area (Å²) in [6.45, 7) is 2.26. The monoisotopic (exact) mass is 259 g/mol. The fourth-order valence-corrected chi connectivity index (χ4v) is 2.64. The molecule has 17 heavy (non-hydrogen) atoms. The number of rotatable bonds is 4. The fourth-order valence-electron chi connectivity index (χ4n) is 1.80. The smallest absolute Gasteiger partial charge is 0.247 e. The average molecular weight is 259 g/mol. The second-order valence-corrected chi connectivity index (χ2v) is 4.87. The van der Waals surface area contributed by atoms with Gasteiger partial charge in [0.15, 0.2) is 0 Å². The first-order valence-corrected chi connectivity index (χ1v) is 6.58. The van der Waals surface area contributed by atoms with E-state index in [4.69, 9.17) is 4.74 Å². The zero-order chi connectivity index (χ0) is 12.1. The molecule has 1 atom stereocenters. The summed E-state index contributed by atoms with van der Waals surface area (Å²) in [6.07, 6.45) is -2.30. The van der Waals surface area contributed by atoms with Crippen molar-refractivity contribution in [3.63, 3.8) is 0 Å². The number of halogens is 2. The van der Waals surface area contributed by atoms with Gasteiger partial charge >= 0.3 is 0 Å². The molecule has 1 saturated heterocycles. The molecule has 1 unspecified atom stereocenters. The van der Waals surface area contributed by atoms with Gasteiger partial charge < -0.3 is 10.1 Å². The molecular weight excluding hydrogens is 244 g/mol. The number of hydrogen-bond acceptors (Lipinski definition) is 3. The van der Waals surface area contributed by atoms with Gasteiger partial charge in [0.05, 0.1) is 18.5 Å². The normalized spacial score (nSPS) is 20.8. The van der Waals surface area contributed by atoms with Crippen LogP contribution in [0.2, 0.25) is 0 Å². The quantitative estimate of drug-likeness (QED) is 0.840. The summed E-state index contributed by atoms with van der Waals surface area (Å²) in [6, 6.07) is 7.61. The molecule has 1 heterocycles. The molecular formula is C12H15F2NOS. The zero-order valence-corrected chi connectivity index (χ0v) is 10.2. The number of morpholine rings is 1. The molecule has 1 N–H and O–H groups in total. The third-order valence-corrected chi connectivity index (χ3v) is 3.66. The lowest BCUT2D eigenvalue weighted by Crippen LogP contribution is -2.33. The molecule has 2 nitrogen and oxygen atoms in total. The summed E-state index contributed by atoms with van der Waals surface area (Å²) >= 11 is 1.19. The minimum Gasteiger partial charge on any atom is -0.371 e. The van der Waals surface area contributed by atoms with E-state index in [9.17, 15) is 8.78 Å². The molecule has 0 amide bonds. The lowest BCUT2D eigenvalue weighted by molar-refractivity contribution is 0.0261. The molecule has 2 rings (SSSR count). The molecule has 0 radical (unpaired) electrons. The summed E-state index contributed by atoms with van der Waals surface area (Å²) in [5.41, 5.74) is 1.00. The van der Waals surface area contributed by atoms with E-state index in [1.165, 1.54) is 11.8 Å². The van der Waals surface area contributed by atoms with Crippen LogP contribution in [0.25, 0.3) is 0 Å². The van der Waals surface area contributed by atoms with Crippen molar-refractivity contribution in [3.05, 3.63) is 29.8 Å². The Kier molecular flexibility index (Phi) is 4.76. The van der Waals surface area contributed by atoms with Crippen molar-refractivity contribution < 1.29 is 13.5 Å². The van der Waals surface area contributed by atoms with Gasteiger partial charge in [0.2, 0.25) is 6.43 Å². The summed E-state index contributed by atoms with van der Waals surface area (Å²) in [5, 5.41) is 3.24. The molecule has 1 aromatic rings. The molecule has 94 valence electrons. The highest BCUT2D eigenvalue weighted by Crippen LogP contribution is 2.30. The lowest BCUT2D eigenvalue weighted by Gasteiger charge is -2.25. The molecule has 1 fully saturated rings. The van der Waals surface area contributed by atoms with Gasteiger partial charge in [0.25, 0.3) is 0 Å². The van der Waals surface area contributed by atoms with Crippen molar-refractivity contribution in [1.82, 2.24) is 5.32 Å². The second-order valence-electron chi connectivity index (χ2n) is 3.80. The standard InChI is InChI=1S/C12H15F2NOS/c13-12(14)8-17-11-4-2-1-3-9(11)10-7-15-5-6-16-10/h1-4,10,12,15H,5-8H2. The zero-order valence-electron chi connectivity index (χ0n) is 9.36. The van der Waals surface area contributed by atoms with Crippen molar-refractivity contribution in [2.75, 3.05) is 25.4 Å². The van der Waals surface area contributed by atoms with Crippen LogP contribution in [0, 0.1) is 0 Å². The van der Waals surface area contributed by atoms with Gasteiger partial charge in [0.1, 0.15) is 0 Å². The number of alkyl halides is 2. The van der Waals surface area contributed by atoms with Gasteiger partial charge in [-0.2, -0.15) is 0 Å². The maximum Gasteiger partial charge on any atom is 0.247 e. The number of ether oxygens (including phenoxy) is 1. The van der Waals surface area contributed by atoms with Crippen LogP contribution in [-0.4, -0.2) is 31.9 Å². The van der Waals surface area contributed by atoms with E-state index in [1.54, 1.807) is 0 Å². The number of thioether (sulfide) groups is 1. The third kappa shape index (κ3) is 3.66. The van der Waals surface area contributed by atoms with Crippen LogP contribution in [0.3, 0.4) is 0 Å². The van der Waals surface area contributed by atoms with Gasteiger partial charge in [-0.3, -0.25) is 0 Å². The van der Waals surface area contributed by atoms with Gasteiger partial charge in [-0.15, -0.1) is 11.8 Å². The fraction of sp³-hybridized carbons (Fsp3) is 0.500. The minimum absolute atomic E-state index is 0.0230. The van der Waals surface area contributed by atoms with Crippen molar-refractivity contribution in [2.24, 2.45) is 0 Å². The van der Waals surface area contributed by atoms with Crippen LogP contribution in [0.4, 0.5) is 8.78 Å². The predicted octanol–water partition coefficient (Wildman–Crippen LogP) is 2.70. The van der Waals surface area contributed by atoms with Crippen LogP contribution in [-0.2, 0) is 4.74 Å². The Morgan fingerprint density at radius 2 is 2.24 bits per heavy atom. The van der Waals surface area contributed by atoms with Crippen molar-refractivity contribution >= 4 is 11.8 Å². The summed E-state index contributed by atoms with van der Waals surface area (Å²) < 4.78 is 30.1. The van der Waals surface area contributed by atoms with Crippen LogP contribution in [0.5, 0.6) is 0 Å². The Balaban J connectivity index is 2.09. The van der Waals surface area contributed by atoms with Gasteiger partial charge in [0, 0.05) is 18.0 Å². The average Bonchev–Trinajstić information content (AvgIpc) is 2.38. The predicted molar refractivity (Wildman–Crippen MR) is 64.7 cm³/mol. The molecule has 5 heteroatoms. The molecule has 1 aliphatic rings. The Hall–Kier alpha value is -0.650. The van der Waals surface area contributed by atoms with Crippen LogP contribution in [0.1, 0.15) is 11.7 Å². The Bertz CT molecular complexity index is 356. The van der Waals surface area contributed by atoms with E-state index < -0.39 is 6.43 Å². The van der Waals surface area contributed by atoms with E-state index >= 15 is 0 Å². The summed E-state index contributed by atoms with van der Waals surface area (Å²) in [5.74, 6) is -0.169. The molecule has 0 saturated carbocycles. The lowest BCUT2D eigenvalue weighted by atomic mass is 10.1. The van der Waals surface area contributed by atoms with E-state index in [1.807, 2.05) is 24.3 Å². The highest BCUT2D eigenvalue weighted by atomic mass is 32.2. The molecule has 0 aromatic heterocycles. The first-order valence-electron chi connectivity index (χ1n) is 5.59. The van der Waals surface area contributed by atoms with E-state index in [0.717, 1.165) is 23.5 Å². The van der Waals surface area contributed by atoms with E-state index in [0.29, 0.717) is 6.61 Å². The maximum atomic E-state index is 12.2. The number of benzene rings is 1. The Morgan fingerprint density at radius 1 is 1.41 bits per heavy atom. The second kappa shape index (κ2) is 6.33. The van der Waals surface area contributed by atoms with Gasteiger partial charge in [-0.1, -0.05) is 18.2 Å².